The van der Waals surface area contributed by atoms with Crippen molar-refractivity contribution in [1.29, 1.82) is 0 Å². The molecular formula is C28H30FN7O3. The number of nitrogens with one attached hydrogen (secondary N) is 2. The van der Waals surface area contributed by atoms with E-state index in [0.29, 0.717) is 19.0 Å². The highest BCUT2D eigenvalue weighted by molar-refractivity contribution is 5.89. The van der Waals surface area contributed by atoms with Gasteiger partial charge >= 0.3 is 6.03 Å². The maximum Gasteiger partial charge on any atom is 0.320 e. The molecule has 0 unspecified atom stereocenters. The number of anilines is 1. The van der Waals surface area contributed by atoms with E-state index in [-0.39, 0.29) is 35.6 Å². The molecule has 11 heteroatoms. The van der Waals surface area contributed by atoms with E-state index in [0.717, 1.165) is 29.9 Å². The molecule has 0 bridgehead atoms. The van der Waals surface area contributed by atoms with Gasteiger partial charge in [-0.05, 0) is 36.8 Å². The van der Waals surface area contributed by atoms with Crippen LogP contribution in [0.5, 0.6) is 11.8 Å². The zero-order chi connectivity index (χ0) is 27.2. The first kappa shape index (κ1) is 26.3. The third kappa shape index (κ3) is 6.57. The van der Waals surface area contributed by atoms with E-state index in [2.05, 4.69) is 30.6 Å². The summed E-state index contributed by atoms with van der Waals surface area (Å²) in [4.78, 5) is 23.7. The van der Waals surface area contributed by atoms with Crippen LogP contribution in [-0.2, 0) is 4.74 Å². The number of carbonyl (C=O) groups excluding carboxylic acids is 1. The monoisotopic (exact) mass is 531 g/mol. The largest absolute Gasteiger partial charge is 0.417 e. The van der Waals surface area contributed by atoms with Gasteiger partial charge in [-0.2, -0.15) is 0 Å². The second-order valence-electron chi connectivity index (χ2n) is 9.38. The molecule has 0 radical (unpaired) electrons. The van der Waals surface area contributed by atoms with Gasteiger partial charge < -0.3 is 14.8 Å². The molecule has 2 aromatic heterocycles. The third-order valence-corrected chi connectivity index (χ3v) is 6.58. The Morgan fingerprint density at radius 3 is 2.59 bits per heavy atom. The van der Waals surface area contributed by atoms with E-state index in [1.165, 1.54) is 24.5 Å². The Kier molecular flexibility index (Phi) is 8.09. The normalized spacial score (nSPS) is 17.2. The zero-order valence-electron chi connectivity index (χ0n) is 21.8. The zero-order valence-corrected chi connectivity index (χ0v) is 21.8. The van der Waals surface area contributed by atoms with Gasteiger partial charge in [-0.15, -0.1) is 5.10 Å². The van der Waals surface area contributed by atoms with Crippen LogP contribution >= 0.6 is 0 Å². The van der Waals surface area contributed by atoms with E-state index in [4.69, 9.17) is 9.47 Å². The quantitative estimate of drug-likeness (QED) is 0.334. The second kappa shape index (κ2) is 12.0. The molecule has 2 atom stereocenters. The van der Waals surface area contributed by atoms with Crippen molar-refractivity contribution in [2.24, 2.45) is 0 Å². The lowest BCUT2D eigenvalue weighted by Gasteiger charge is -2.21. The number of hydrogen-bond acceptors (Lipinski definition) is 7. The highest BCUT2D eigenvalue weighted by Gasteiger charge is 2.35. The average Bonchev–Trinajstić information content (AvgIpc) is 3.52. The summed E-state index contributed by atoms with van der Waals surface area (Å²) in [5.74, 6) is 0.654. The molecule has 1 saturated heterocycles. The van der Waals surface area contributed by atoms with Gasteiger partial charge in [0, 0.05) is 51.1 Å². The first-order valence-corrected chi connectivity index (χ1v) is 12.6. The molecule has 1 aliphatic heterocycles. The second-order valence-corrected chi connectivity index (χ2v) is 9.38. The lowest BCUT2D eigenvalue weighted by atomic mass is 9.94. The number of halogens is 1. The minimum Gasteiger partial charge on any atom is -0.417 e. The number of ether oxygens (including phenoxy) is 2. The van der Waals surface area contributed by atoms with Crippen LogP contribution < -0.4 is 15.4 Å². The van der Waals surface area contributed by atoms with Crippen LogP contribution in [0, 0.1) is 12.7 Å². The van der Waals surface area contributed by atoms with Crippen molar-refractivity contribution in [1.82, 2.24) is 30.0 Å². The number of aromatic nitrogens is 4. The number of likely N-dealkylation sites (tertiary alicyclic amines) is 1. The highest BCUT2D eigenvalue weighted by atomic mass is 19.1. The molecule has 3 heterocycles. The van der Waals surface area contributed by atoms with Crippen molar-refractivity contribution in [2.75, 3.05) is 38.7 Å². The van der Waals surface area contributed by atoms with Crippen LogP contribution in [0.15, 0.2) is 73.2 Å². The number of hydrogen-bond donors (Lipinski definition) is 2. The van der Waals surface area contributed by atoms with Crippen LogP contribution in [0.3, 0.4) is 0 Å². The van der Waals surface area contributed by atoms with Crippen molar-refractivity contribution >= 4 is 11.8 Å². The molecule has 5 rings (SSSR count). The van der Waals surface area contributed by atoms with Crippen molar-refractivity contribution in [3.63, 3.8) is 0 Å². The molecule has 0 aliphatic carbocycles. The molecule has 4 aromatic rings. The molecule has 0 saturated carbocycles. The van der Waals surface area contributed by atoms with Gasteiger partial charge in [0.05, 0.1) is 24.5 Å². The van der Waals surface area contributed by atoms with Gasteiger partial charge in [-0.3, -0.25) is 15.2 Å². The van der Waals surface area contributed by atoms with E-state index in [1.54, 1.807) is 36.2 Å². The summed E-state index contributed by atoms with van der Waals surface area (Å²) in [7, 11) is 1.66. The molecule has 2 amide bonds. The minimum absolute atomic E-state index is 0.00855. The predicted molar refractivity (Wildman–Crippen MR) is 144 cm³/mol. The number of amides is 2. The van der Waals surface area contributed by atoms with Gasteiger partial charge in [0.2, 0.25) is 11.8 Å². The van der Waals surface area contributed by atoms with Gasteiger partial charge in [0.15, 0.2) is 0 Å². The van der Waals surface area contributed by atoms with Gasteiger partial charge in [0.25, 0.3) is 0 Å². The van der Waals surface area contributed by atoms with Gasteiger partial charge in [0.1, 0.15) is 11.6 Å². The van der Waals surface area contributed by atoms with Crippen LogP contribution in [0.1, 0.15) is 17.0 Å². The average molecular weight is 532 g/mol. The summed E-state index contributed by atoms with van der Waals surface area (Å²) in [6.07, 6.45) is 4.55. The number of methoxy groups -OCH3 is 1. The maximum atomic E-state index is 13.6. The molecule has 202 valence electrons. The fraction of sp³-hybridized carbons (Fsp3) is 0.286. The van der Waals surface area contributed by atoms with Crippen LogP contribution in [0.25, 0.3) is 5.69 Å². The molecule has 2 N–H and O–H groups in total. The molecule has 0 spiro atoms. The van der Waals surface area contributed by atoms with Crippen LogP contribution in [0.4, 0.5) is 15.0 Å². The molecule has 1 fully saturated rings. The number of aryl methyl sites for hydroxylation is 1. The fourth-order valence-corrected chi connectivity index (χ4v) is 4.63. The minimum atomic E-state index is -0.389. The number of nitrogens with zero attached hydrogens (tertiary/aromatic N) is 5. The molecule has 1 aliphatic rings. The molecule has 2 aromatic carbocycles. The Hall–Kier alpha value is -4.35. The Balaban J connectivity index is 1.36. The first-order valence-electron chi connectivity index (χ1n) is 12.6. The third-order valence-electron chi connectivity index (χ3n) is 6.58. The van der Waals surface area contributed by atoms with E-state index < -0.39 is 0 Å². The lowest BCUT2D eigenvalue weighted by molar-refractivity contribution is 0.159. The van der Waals surface area contributed by atoms with Crippen molar-refractivity contribution in [2.45, 2.75) is 18.9 Å². The topological polar surface area (TPSA) is 106 Å². The number of urea groups is 1. The van der Waals surface area contributed by atoms with Crippen molar-refractivity contribution < 1.29 is 18.7 Å². The fourth-order valence-electron chi connectivity index (χ4n) is 4.63. The summed E-state index contributed by atoms with van der Waals surface area (Å²) in [6, 6.07) is 15.2. The van der Waals surface area contributed by atoms with Crippen molar-refractivity contribution in [3.8, 4) is 17.4 Å². The smallest absolute Gasteiger partial charge is 0.320 e. The Morgan fingerprint density at radius 2 is 1.87 bits per heavy atom. The highest BCUT2D eigenvalue weighted by Crippen LogP contribution is 2.29. The molecule has 39 heavy (non-hydrogen) atoms. The van der Waals surface area contributed by atoms with Gasteiger partial charge in [-0.1, -0.05) is 29.8 Å². The van der Waals surface area contributed by atoms with E-state index in [9.17, 15) is 9.18 Å². The molecular weight excluding hydrogens is 501 g/mol. The van der Waals surface area contributed by atoms with E-state index >= 15 is 0 Å². The standard InChI is InChI=1S/C28H30FN7O3/c1-19-3-9-22(10-4-19)36-25(15-26(34-36)39-27-16-30-11-12-31-27)33-28(37)32-24-18-35(13-14-38-2)17-23(24)20-5-7-21(29)8-6-20/h3-12,15-16,23-24H,13-14,17-18H2,1-2H3,(H2,32,33,37)/t23-,24+/m0/s1. The van der Waals surface area contributed by atoms with Crippen LogP contribution in [-0.4, -0.2) is 70.1 Å². The predicted octanol–water partition coefficient (Wildman–Crippen LogP) is 4.14. The van der Waals surface area contributed by atoms with Gasteiger partial charge in [-0.25, -0.2) is 18.9 Å². The summed E-state index contributed by atoms with van der Waals surface area (Å²) >= 11 is 0. The summed E-state index contributed by atoms with van der Waals surface area (Å²) in [5.41, 5.74) is 2.81. The lowest BCUT2D eigenvalue weighted by Crippen LogP contribution is -2.42. The summed E-state index contributed by atoms with van der Waals surface area (Å²) < 4.78 is 26.2. The SMILES string of the molecule is COCCN1C[C@@H](NC(=O)Nc2cc(Oc3cnccn3)nn2-c2ccc(C)cc2)[C@H](c2ccc(F)cc2)C1. The van der Waals surface area contributed by atoms with E-state index in [1.807, 2.05) is 31.2 Å². The number of rotatable bonds is 9. The summed E-state index contributed by atoms with van der Waals surface area (Å²) in [5, 5.41) is 10.6. The van der Waals surface area contributed by atoms with Crippen molar-refractivity contribution in [3.05, 3.63) is 90.1 Å². The summed E-state index contributed by atoms with van der Waals surface area (Å²) in [6.45, 7) is 4.67. The van der Waals surface area contributed by atoms with Crippen LogP contribution in [0.2, 0.25) is 0 Å². The maximum absolute atomic E-state index is 13.6. The number of benzene rings is 2. The first-order chi connectivity index (χ1) is 19.0. The Labute approximate surface area is 225 Å². The number of carbonyl (C=O) groups is 1. The Morgan fingerprint density at radius 1 is 1.08 bits per heavy atom. The molecule has 10 nitrogen and oxygen atoms in total. The Bertz CT molecular complexity index is 1380.